The molecule has 0 bridgehead atoms. The molecule has 7 heteroatoms. The van der Waals surface area contributed by atoms with Crippen LogP contribution in [0.1, 0.15) is 39.9 Å². The van der Waals surface area contributed by atoms with Crippen molar-refractivity contribution in [3.63, 3.8) is 0 Å². The van der Waals surface area contributed by atoms with E-state index < -0.39 is 17.9 Å². The van der Waals surface area contributed by atoms with Crippen LogP contribution >= 0.6 is 0 Å². The lowest BCUT2D eigenvalue weighted by molar-refractivity contribution is -0.145. The Morgan fingerprint density at radius 3 is 2.33 bits per heavy atom. The summed E-state index contributed by atoms with van der Waals surface area (Å²) < 4.78 is 29.0. The lowest BCUT2D eigenvalue weighted by atomic mass is 10.1. The van der Waals surface area contributed by atoms with Gasteiger partial charge in [-0.25, -0.2) is 4.39 Å². The van der Waals surface area contributed by atoms with Crippen LogP contribution in [0.5, 0.6) is 5.75 Å². The molecule has 6 nitrogen and oxygen atoms in total. The molecular formula is C23H22FNO5. The van der Waals surface area contributed by atoms with Gasteiger partial charge in [0.15, 0.2) is 6.10 Å². The van der Waals surface area contributed by atoms with Crippen molar-refractivity contribution in [2.45, 2.75) is 39.9 Å². The first kappa shape index (κ1) is 21.2. The van der Waals surface area contributed by atoms with Gasteiger partial charge < -0.3 is 14.0 Å². The Hall–Kier alpha value is -3.48. The van der Waals surface area contributed by atoms with Gasteiger partial charge in [0.1, 0.15) is 23.9 Å². The van der Waals surface area contributed by atoms with Crippen LogP contribution < -0.4 is 4.74 Å². The van der Waals surface area contributed by atoms with Crippen LogP contribution in [0.4, 0.5) is 4.39 Å². The minimum absolute atomic E-state index is 0.0190. The molecule has 1 atom stereocenters. The quantitative estimate of drug-likeness (QED) is 0.405. The van der Waals surface area contributed by atoms with Crippen molar-refractivity contribution in [3.05, 3.63) is 82.5 Å². The summed E-state index contributed by atoms with van der Waals surface area (Å²) in [6.07, 6.45) is -0.939. The molecule has 0 aliphatic heterocycles. The van der Waals surface area contributed by atoms with Gasteiger partial charge in [-0.2, -0.15) is 0 Å². The molecule has 3 rings (SSSR count). The summed E-state index contributed by atoms with van der Waals surface area (Å²) in [5.41, 5.74) is 2.71. The molecule has 0 aliphatic carbocycles. The number of Topliss-reactive ketones (excluding diaryl/α,β-unsaturated/α-hetero) is 1. The van der Waals surface area contributed by atoms with Crippen LogP contribution in [-0.4, -0.2) is 23.0 Å². The van der Waals surface area contributed by atoms with Crippen molar-refractivity contribution < 1.29 is 28.0 Å². The Labute approximate surface area is 173 Å². The maximum absolute atomic E-state index is 13.0. The molecule has 0 saturated heterocycles. The predicted molar refractivity (Wildman–Crippen MR) is 107 cm³/mol. The summed E-state index contributed by atoms with van der Waals surface area (Å²) >= 11 is 0. The van der Waals surface area contributed by atoms with Crippen LogP contribution in [0.15, 0.2) is 53.1 Å². The molecule has 1 aromatic heterocycles. The second-order valence-corrected chi connectivity index (χ2v) is 6.92. The van der Waals surface area contributed by atoms with Gasteiger partial charge in [-0.3, -0.25) is 9.59 Å². The molecule has 0 N–H and O–H groups in total. The lowest BCUT2D eigenvalue weighted by Gasteiger charge is -2.12. The third kappa shape index (κ3) is 5.31. The molecule has 2 aromatic carbocycles. The van der Waals surface area contributed by atoms with Gasteiger partial charge in [0.05, 0.1) is 17.7 Å². The van der Waals surface area contributed by atoms with Gasteiger partial charge in [0.25, 0.3) is 0 Å². The zero-order chi connectivity index (χ0) is 21.7. The molecule has 0 radical (unpaired) electrons. The largest absolute Gasteiger partial charge is 0.489 e. The average Bonchev–Trinajstić information content (AvgIpc) is 3.05. The van der Waals surface area contributed by atoms with E-state index in [1.165, 1.54) is 31.2 Å². The van der Waals surface area contributed by atoms with Crippen LogP contribution in [0.3, 0.4) is 0 Å². The highest BCUT2D eigenvalue weighted by Gasteiger charge is 2.19. The maximum atomic E-state index is 13.0. The number of esters is 1. The standard InChI is InChI=1S/C23H22FNO5/c1-14-21(15(2)30-25-14)13-28-20-10-4-17(5-11-20)12-22(26)29-16(3)23(27)18-6-8-19(24)9-7-18/h4-11,16H,12-13H2,1-3H3/t16-/m0/s1. The van der Waals surface area contributed by atoms with E-state index in [9.17, 15) is 14.0 Å². The molecular weight excluding hydrogens is 389 g/mol. The predicted octanol–water partition coefficient (Wildman–Crippen LogP) is 4.37. The number of ether oxygens (including phenoxy) is 2. The molecule has 156 valence electrons. The number of ketones is 1. The van der Waals surface area contributed by atoms with Crippen molar-refractivity contribution >= 4 is 11.8 Å². The van der Waals surface area contributed by atoms with Crippen molar-refractivity contribution in [1.82, 2.24) is 5.16 Å². The number of aryl methyl sites for hydroxylation is 2. The molecule has 0 amide bonds. The molecule has 0 unspecified atom stereocenters. The number of benzene rings is 2. The Morgan fingerprint density at radius 2 is 1.73 bits per heavy atom. The number of nitrogens with zero attached hydrogens (tertiary/aromatic N) is 1. The van der Waals surface area contributed by atoms with E-state index >= 15 is 0 Å². The second kappa shape index (κ2) is 9.35. The average molecular weight is 411 g/mol. The Balaban J connectivity index is 1.51. The van der Waals surface area contributed by atoms with E-state index in [-0.39, 0.29) is 17.8 Å². The summed E-state index contributed by atoms with van der Waals surface area (Å²) in [7, 11) is 0. The first-order chi connectivity index (χ1) is 14.3. The van der Waals surface area contributed by atoms with Gasteiger partial charge in [-0.05, 0) is 62.7 Å². The Morgan fingerprint density at radius 1 is 1.07 bits per heavy atom. The van der Waals surface area contributed by atoms with Crippen molar-refractivity contribution in [3.8, 4) is 5.75 Å². The molecule has 1 heterocycles. The normalized spacial score (nSPS) is 11.7. The summed E-state index contributed by atoms with van der Waals surface area (Å²) in [6, 6.07) is 12.1. The van der Waals surface area contributed by atoms with E-state index in [0.29, 0.717) is 12.4 Å². The first-order valence-electron chi connectivity index (χ1n) is 9.46. The highest BCUT2D eigenvalue weighted by atomic mass is 19.1. The smallest absolute Gasteiger partial charge is 0.310 e. The highest BCUT2D eigenvalue weighted by Crippen LogP contribution is 2.18. The number of carbonyl (C=O) groups is 2. The van der Waals surface area contributed by atoms with Gasteiger partial charge in [0, 0.05) is 5.56 Å². The third-order valence-corrected chi connectivity index (χ3v) is 4.64. The van der Waals surface area contributed by atoms with Crippen molar-refractivity contribution in [1.29, 1.82) is 0 Å². The second-order valence-electron chi connectivity index (χ2n) is 6.92. The van der Waals surface area contributed by atoms with Gasteiger partial charge in [-0.1, -0.05) is 17.3 Å². The number of hydrogen-bond donors (Lipinski definition) is 0. The summed E-state index contributed by atoms with van der Waals surface area (Å²) in [4.78, 5) is 24.4. The zero-order valence-corrected chi connectivity index (χ0v) is 17.0. The van der Waals surface area contributed by atoms with E-state index in [0.717, 1.165) is 22.6 Å². The monoisotopic (exact) mass is 411 g/mol. The van der Waals surface area contributed by atoms with Crippen LogP contribution in [0.25, 0.3) is 0 Å². The minimum atomic E-state index is -0.958. The number of carbonyl (C=O) groups excluding carboxylic acids is 2. The van der Waals surface area contributed by atoms with Gasteiger partial charge >= 0.3 is 5.97 Å². The number of hydrogen-bond acceptors (Lipinski definition) is 6. The molecule has 0 fully saturated rings. The zero-order valence-electron chi connectivity index (χ0n) is 17.0. The van der Waals surface area contributed by atoms with Crippen molar-refractivity contribution in [2.24, 2.45) is 0 Å². The molecule has 0 spiro atoms. The number of halogens is 1. The van der Waals surface area contributed by atoms with Crippen LogP contribution in [-0.2, 0) is 22.6 Å². The van der Waals surface area contributed by atoms with E-state index in [1.807, 2.05) is 13.8 Å². The van der Waals surface area contributed by atoms with Gasteiger partial charge in [-0.15, -0.1) is 0 Å². The molecule has 3 aromatic rings. The fourth-order valence-corrected chi connectivity index (χ4v) is 2.87. The summed E-state index contributed by atoms with van der Waals surface area (Å²) in [5.74, 6) is 0.0206. The number of rotatable bonds is 8. The molecule has 0 saturated carbocycles. The van der Waals surface area contributed by atoms with Crippen LogP contribution in [0.2, 0.25) is 0 Å². The Kier molecular flexibility index (Phi) is 6.61. The van der Waals surface area contributed by atoms with Gasteiger partial charge in [0.2, 0.25) is 5.78 Å². The SMILES string of the molecule is Cc1noc(C)c1COc1ccc(CC(=O)O[C@@H](C)C(=O)c2ccc(F)cc2)cc1. The molecule has 0 aliphatic rings. The van der Waals surface area contributed by atoms with E-state index in [1.54, 1.807) is 24.3 Å². The fourth-order valence-electron chi connectivity index (χ4n) is 2.87. The summed E-state index contributed by atoms with van der Waals surface area (Å²) in [5, 5.41) is 3.89. The Bertz CT molecular complexity index is 1010. The van der Waals surface area contributed by atoms with E-state index in [2.05, 4.69) is 5.16 Å². The maximum Gasteiger partial charge on any atom is 0.310 e. The fraction of sp³-hybridized carbons (Fsp3) is 0.261. The highest BCUT2D eigenvalue weighted by molar-refractivity contribution is 6.00. The lowest BCUT2D eigenvalue weighted by Crippen LogP contribution is -2.25. The number of aromatic nitrogens is 1. The van der Waals surface area contributed by atoms with Crippen molar-refractivity contribution in [2.75, 3.05) is 0 Å². The van der Waals surface area contributed by atoms with E-state index in [4.69, 9.17) is 14.0 Å². The summed E-state index contributed by atoms with van der Waals surface area (Å²) in [6.45, 7) is 5.52. The molecule has 30 heavy (non-hydrogen) atoms. The third-order valence-electron chi connectivity index (χ3n) is 4.64. The topological polar surface area (TPSA) is 78.6 Å². The first-order valence-corrected chi connectivity index (χ1v) is 9.46. The minimum Gasteiger partial charge on any atom is -0.489 e. The van der Waals surface area contributed by atoms with Crippen LogP contribution in [0, 0.1) is 19.7 Å².